The van der Waals surface area contributed by atoms with E-state index in [4.69, 9.17) is 0 Å². The summed E-state index contributed by atoms with van der Waals surface area (Å²) in [6, 6.07) is 114. The van der Waals surface area contributed by atoms with E-state index in [-0.39, 0.29) is 22.9 Å². The molecule has 0 amide bonds. The number of fused-ring (bicyclic) bond motifs is 18. The number of benzene rings is 14. The van der Waals surface area contributed by atoms with Crippen molar-refractivity contribution in [1.29, 1.82) is 0 Å². The van der Waals surface area contributed by atoms with E-state index >= 15 is 0 Å². The minimum absolute atomic E-state index is 0.0112. The molecule has 0 aliphatic heterocycles. The number of aliphatic hydroxyl groups excluding tert-OH is 1. The van der Waals surface area contributed by atoms with Gasteiger partial charge in [0.1, 0.15) is 0 Å². The van der Waals surface area contributed by atoms with E-state index < -0.39 is 0 Å². The van der Waals surface area contributed by atoms with Gasteiger partial charge in [0, 0.05) is 92.1 Å². The molecule has 3 aromatic heterocycles. The van der Waals surface area contributed by atoms with Crippen molar-refractivity contribution in [2.24, 2.45) is 0 Å². The van der Waals surface area contributed by atoms with Crippen LogP contribution in [0.5, 0.6) is 0 Å². The van der Waals surface area contributed by atoms with Crippen LogP contribution in [-0.4, -0.2) is 14.2 Å². The summed E-state index contributed by atoms with van der Waals surface area (Å²) in [7, 11) is 0. The van der Waals surface area contributed by atoms with Crippen molar-refractivity contribution in [1.82, 2.24) is 9.13 Å². The summed E-state index contributed by atoms with van der Waals surface area (Å²) >= 11 is 1.86. The standard InChI is InChI=1S/C49H40N2O.C45H32N2S/c1-48(2)40-15-8-5-12-35(40)37-26-24-33(28-42(37)48)50(32-22-20-31(30-52)21-23-32)45-18-11-19-46-47(45)39-14-7-10-17-44(39)51(46)34-25-27-38-36-13-6-9-16-41(36)49(3,4)43(38)29-34;1-45(2)37-18-9-6-15-32(37)33-25-23-31(28-38(33)45)47-39-19-10-7-17-35(39)44-40(20-12-21-41(44)47)46(29-13-4-3-5-14-29)30-24-26-43-36(27-30)34-16-8-11-22-42(34)48-43/h5-29,52H,30H2,1-4H3;3-28H,1-2H3. The van der Waals surface area contributed by atoms with Gasteiger partial charge in [-0.1, -0.05) is 230 Å². The number of hydrogen-bond acceptors (Lipinski definition) is 4. The summed E-state index contributed by atoms with van der Waals surface area (Å²) < 4.78 is 7.54. The van der Waals surface area contributed by atoms with Crippen LogP contribution >= 0.6 is 11.3 Å². The van der Waals surface area contributed by atoms with E-state index in [1.54, 1.807) is 0 Å². The molecule has 3 aliphatic rings. The fourth-order valence-electron chi connectivity index (χ4n) is 17.5. The van der Waals surface area contributed by atoms with Crippen LogP contribution in [0.15, 0.2) is 309 Å². The van der Waals surface area contributed by atoms with E-state index in [1.807, 2.05) is 23.5 Å². The van der Waals surface area contributed by atoms with Gasteiger partial charge in [0.15, 0.2) is 0 Å². The van der Waals surface area contributed by atoms with Crippen LogP contribution in [0.1, 0.15) is 80.5 Å². The van der Waals surface area contributed by atoms with Crippen molar-refractivity contribution in [2.45, 2.75) is 64.4 Å². The number of aromatic nitrogens is 2. The average molecular weight is 1310 g/mol. The van der Waals surface area contributed by atoms with Crippen LogP contribution in [0, 0.1) is 0 Å². The molecule has 6 heteroatoms. The van der Waals surface area contributed by atoms with Crippen LogP contribution in [0.4, 0.5) is 34.1 Å². The Morgan fingerprint density at radius 1 is 0.290 bits per heavy atom. The molecule has 0 bridgehead atoms. The summed E-state index contributed by atoms with van der Waals surface area (Å²) in [5.74, 6) is 0. The van der Waals surface area contributed by atoms with Crippen LogP contribution in [-0.2, 0) is 22.9 Å². The second-order valence-electron chi connectivity index (χ2n) is 28.9. The zero-order valence-corrected chi connectivity index (χ0v) is 57.6. The fourth-order valence-corrected chi connectivity index (χ4v) is 18.5. The lowest BCUT2D eigenvalue weighted by Crippen LogP contribution is -2.16. The molecule has 0 saturated heterocycles. The van der Waals surface area contributed by atoms with Crippen molar-refractivity contribution in [3.8, 4) is 44.8 Å². The quantitative estimate of drug-likeness (QED) is 0.156. The topological polar surface area (TPSA) is 36.6 Å². The molecule has 17 aromatic rings. The largest absolute Gasteiger partial charge is 0.392 e. The van der Waals surface area contributed by atoms with Crippen molar-refractivity contribution >= 4 is 109 Å². The van der Waals surface area contributed by atoms with Gasteiger partial charge in [-0.2, -0.15) is 0 Å². The maximum atomic E-state index is 9.95. The third-order valence-electron chi connectivity index (χ3n) is 22.3. The molecule has 0 radical (unpaired) electrons. The fraction of sp³-hybridized carbons (Fsp3) is 0.106. The lowest BCUT2D eigenvalue weighted by atomic mass is 9.82. The summed E-state index contributed by atoms with van der Waals surface area (Å²) in [5.41, 5.74) is 30.6. The Bertz CT molecular complexity index is 6200. The van der Waals surface area contributed by atoms with Gasteiger partial charge in [-0.05, 0) is 194 Å². The first-order valence-corrected chi connectivity index (χ1v) is 35.7. The van der Waals surface area contributed by atoms with E-state index in [0.717, 1.165) is 39.5 Å². The summed E-state index contributed by atoms with van der Waals surface area (Å²) in [6.07, 6.45) is 0. The zero-order chi connectivity index (χ0) is 67.3. The smallest absolute Gasteiger partial charge is 0.0681 e. The number of anilines is 6. The third-order valence-corrected chi connectivity index (χ3v) is 23.5. The molecule has 0 spiro atoms. The lowest BCUT2D eigenvalue weighted by molar-refractivity contribution is 0.282. The Labute approximate surface area is 587 Å². The maximum Gasteiger partial charge on any atom is 0.0681 e. The van der Waals surface area contributed by atoms with E-state index in [9.17, 15) is 5.11 Å². The molecule has 5 nitrogen and oxygen atoms in total. The second-order valence-corrected chi connectivity index (χ2v) is 29.9. The van der Waals surface area contributed by atoms with Gasteiger partial charge in [-0.15, -0.1) is 11.3 Å². The molecule has 0 unspecified atom stereocenters. The number of rotatable bonds is 9. The molecule has 3 heterocycles. The van der Waals surface area contributed by atoms with Crippen molar-refractivity contribution in [3.05, 3.63) is 348 Å². The van der Waals surface area contributed by atoms with Gasteiger partial charge in [0.05, 0.1) is 40.0 Å². The maximum absolute atomic E-state index is 9.95. The third kappa shape index (κ3) is 8.89. The highest BCUT2D eigenvalue weighted by molar-refractivity contribution is 7.25. The normalized spacial score (nSPS) is 14.0. The minimum Gasteiger partial charge on any atom is -0.392 e. The van der Waals surface area contributed by atoms with E-state index in [2.05, 4.69) is 358 Å². The molecule has 14 aromatic carbocycles. The predicted octanol–water partition coefficient (Wildman–Crippen LogP) is 25.3. The van der Waals surface area contributed by atoms with Crippen molar-refractivity contribution < 1.29 is 5.11 Å². The Hall–Kier alpha value is -11.5. The molecule has 100 heavy (non-hydrogen) atoms. The van der Waals surface area contributed by atoms with Crippen LogP contribution in [0.25, 0.3) is 109 Å². The highest BCUT2D eigenvalue weighted by Gasteiger charge is 2.39. The summed E-state index contributed by atoms with van der Waals surface area (Å²) in [5, 5.41) is 17.5. The minimum atomic E-state index is -0.128. The predicted molar refractivity (Wildman–Crippen MR) is 422 cm³/mol. The van der Waals surface area contributed by atoms with Crippen LogP contribution < -0.4 is 9.80 Å². The van der Waals surface area contributed by atoms with Gasteiger partial charge in [0.2, 0.25) is 0 Å². The summed E-state index contributed by atoms with van der Waals surface area (Å²) in [4.78, 5) is 4.84. The van der Waals surface area contributed by atoms with E-state index in [0.29, 0.717) is 0 Å². The second kappa shape index (κ2) is 22.5. The number of hydrogen-bond donors (Lipinski definition) is 1. The first kappa shape index (κ1) is 59.7. The lowest BCUT2D eigenvalue weighted by Gasteiger charge is -2.29. The molecule has 1 N–H and O–H groups in total. The molecule has 3 aliphatic carbocycles. The molecule has 0 atom stereocenters. The molecule has 0 fully saturated rings. The molecular weight excluding hydrogens is 1230 g/mol. The Morgan fingerprint density at radius 3 is 1.19 bits per heavy atom. The molecular formula is C94H72N4OS. The van der Waals surface area contributed by atoms with Crippen molar-refractivity contribution in [2.75, 3.05) is 9.80 Å². The number of thiophene rings is 1. The van der Waals surface area contributed by atoms with Gasteiger partial charge < -0.3 is 24.0 Å². The van der Waals surface area contributed by atoms with Crippen molar-refractivity contribution in [3.63, 3.8) is 0 Å². The average Bonchev–Trinajstić information content (AvgIpc) is 1.56. The monoisotopic (exact) mass is 1300 g/mol. The molecule has 0 saturated carbocycles. The van der Waals surface area contributed by atoms with Gasteiger partial charge in [-0.3, -0.25) is 0 Å². The SMILES string of the molecule is CC1(C)c2ccccc2-c2ccc(-n3c4ccccc4c4c(N(c5ccccc5)c5ccc6sc7ccccc7c6c5)cccc43)cc21.CC1(C)c2ccccc2-c2ccc(N(c3ccc(CO)cc3)c3cccc4c3c3ccccc3n4-c3ccc4c(c3)C(C)(C)c3ccccc3-4)cc21. The first-order valence-electron chi connectivity index (χ1n) is 34.9. The van der Waals surface area contributed by atoms with Gasteiger partial charge >= 0.3 is 0 Å². The Balaban J connectivity index is 0.000000140. The number of nitrogens with zero attached hydrogens (tertiary/aromatic N) is 4. The van der Waals surface area contributed by atoms with Crippen LogP contribution in [0.3, 0.4) is 0 Å². The summed E-state index contributed by atoms with van der Waals surface area (Å²) in [6.45, 7) is 14.1. The zero-order valence-electron chi connectivity index (χ0n) is 56.8. The highest BCUT2D eigenvalue weighted by atomic mass is 32.1. The number of aliphatic hydroxyl groups is 1. The van der Waals surface area contributed by atoms with Gasteiger partial charge in [0.25, 0.3) is 0 Å². The van der Waals surface area contributed by atoms with Gasteiger partial charge in [-0.25, -0.2) is 0 Å². The Kier molecular flexibility index (Phi) is 13.4. The van der Waals surface area contributed by atoms with Crippen LogP contribution in [0.2, 0.25) is 0 Å². The highest BCUT2D eigenvalue weighted by Crippen LogP contribution is 2.55. The van der Waals surface area contributed by atoms with E-state index in [1.165, 1.54) is 142 Å². The molecule has 20 rings (SSSR count). The Morgan fingerprint density at radius 2 is 0.670 bits per heavy atom. The first-order chi connectivity index (χ1) is 48.8. The number of para-hydroxylation sites is 3. The molecule has 480 valence electrons.